The summed E-state index contributed by atoms with van der Waals surface area (Å²) in [5, 5.41) is 39.9. The summed E-state index contributed by atoms with van der Waals surface area (Å²) in [7, 11) is 0. The van der Waals surface area contributed by atoms with Crippen LogP contribution in [0.2, 0.25) is 0 Å². The van der Waals surface area contributed by atoms with E-state index in [4.69, 9.17) is 37.9 Å². The van der Waals surface area contributed by atoms with Crippen LogP contribution in [0.25, 0.3) is 0 Å². The van der Waals surface area contributed by atoms with Crippen molar-refractivity contribution in [2.24, 2.45) is 0 Å². The highest BCUT2D eigenvalue weighted by Gasteiger charge is 2.32. The molecule has 0 spiro atoms. The van der Waals surface area contributed by atoms with E-state index in [0.29, 0.717) is 51.7 Å². The minimum absolute atomic E-state index is 0.118. The Hall–Kier alpha value is -16.5. The Balaban J connectivity index is 0.000000207. The number of benzene rings is 12. The molecule has 2 unspecified atom stereocenters. The van der Waals surface area contributed by atoms with Crippen LogP contribution in [0.4, 0.5) is 0 Å². The third kappa shape index (κ3) is 26.1. The van der Waals surface area contributed by atoms with Crippen molar-refractivity contribution in [2.45, 2.75) is 148 Å². The van der Waals surface area contributed by atoms with Gasteiger partial charge in [-0.2, -0.15) is 0 Å². The molecule has 0 aliphatic heterocycles. The molecule has 2 atom stereocenters. The second kappa shape index (κ2) is 46.9. The van der Waals surface area contributed by atoms with E-state index in [2.05, 4.69) is 52.6 Å². The Morgan fingerprint density at radius 1 is 0.210 bits per heavy atom. The van der Waals surface area contributed by atoms with Crippen molar-refractivity contribution < 1.29 is 96.7 Å². The summed E-state index contributed by atoms with van der Waals surface area (Å²) in [5.74, 6) is -0.717. The zero-order valence-corrected chi connectivity index (χ0v) is 81.2. The van der Waals surface area contributed by atoms with Gasteiger partial charge in [-0.1, -0.05) is 174 Å². The van der Waals surface area contributed by atoms with Crippen molar-refractivity contribution in [1.29, 1.82) is 0 Å². The molecular formula is C118H116O20. The quantitative estimate of drug-likeness (QED) is 0.0153. The molecular weight excluding hydrogens is 1740 g/mol. The van der Waals surface area contributed by atoms with Crippen LogP contribution in [0.5, 0.6) is 69.0 Å². The molecule has 0 saturated heterocycles. The molecule has 0 aromatic heterocycles. The van der Waals surface area contributed by atoms with E-state index in [-0.39, 0.29) is 40.9 Å². The molecule has 12 aromatic rings. The summed E-state index contributed by atoms with van der Waals surface area (Å²) < 4.78 is 44.0. The van der Waals surface area contributed by atoms with Gasteiger partial charge in [-0.3, -0.25) is 0 Å². The smallest absolute Gasteiger partial charge is 0.335 e. The number of hydrogen-bond acceptors (Lipinski definition) is 20. The maximum atomic E-state index is 12.3. The summed E-state index contributed by atoms with van der Waals surface area (Å²) >= 11 is 0. The maximum Gasteiger partial charge on any atom is 0.335 e. The first kappa shape index (κ1) is 105. The lowest BCUT2D eigenvalue weighted by atomic mass is 9.79. The van der Waals surface area contributed by atoms with Gasteiger partial charge in [0.15, 0.2) is 0 Å². The summed E-state index contributed by atoms with van der Waals surface area (Å²) in [6.07, 6.45) is 9.00. The highest BCUT2D eigenvalue weighted by atomic mass is 16.6. The minimum atomic E-state index is -0.571. The largest absolute Gasteiger partial charge is 0.508 e. The molecule has 20 nitrogen and oxygen atoms in total. The molecule has 20 heteroatoms. The van der Waals surface area contributed by atoms with Gasteiger partial charge in [0.2, 0.25) is 0 Å². The summed E-state index contributed by atoms with van der Waals surface area (Å²) in [5.41, 5.74) is 26.3. The van der Waals surface area contributed by atoms with Gasteiger partial charge in [0.05, 0.1) is 0 Å². The Morgan fingerprint density at radius 2 is 0.449 bits per heavy atom. The zero-order chi connectivity index (χ0) is 102. The van der Waals surface area contributed by atoms with E-state index < -0.39 is 47.8 Å². The van der Waals surface area contributed by atoms with Crippen LogP contribution in [0.15, 0.2) is 283 Å². The lowest BCUT2D eigenvalue weighted by molar-refractivity contribution is -0.129. The van der Waals surface area contributed by atoms with Crippen molar-refractivity contribution in [1.82, 2.24) is 0 Å². The number of phenols is 4. The highest BCUT2D eigenvalue weighted by molar-refractivity contribution is 5.88. The number of ether oxygens (including phenoxy) is 8. The van der Waals surface area contributed by atoms with Gasteiger partial charge in [0, 0.05) is 83.4 Å². The Bertz CT molecular complexity index is 6580. The van der Waals surface area contributed by atoms with Crippen molar-refractivity contribution in [3.63, 3.8) is 0 Å². The standard InChI is InChI=1S/2C33H32O6.2C26H26O4/c1-9-30(34)37-27-17-20(5)25(15-22(27)7)33(24-13-12-19(4)14-29(24)39-32(36)11-3)26-16-23(8)28(18-21(26)6)38-31(35)10-2;1-9-28(34)37-27-14-19(4)12-13-26(27)31(24-15-20(5)32(21(6)16-24)38-29(35)10-2)25-17-22(7)33(23(8)18-25)39-30(36)11-3;1-6-25(29)30-24-14-16(3)22(12-18(24)5)26(19-7-9-20(27)10-8-19)21-11-17(4)23(28)13-15(21)2;1-6-23(28)30-26-17(4)13-21(14-18(26)5)24(19-7-9-22(27)10-8-19)20-11-15(2)25(29)16(3)12-20/h9-18,33H,1-3H2,4-8H3;9-18,31H,1-3H2,4-8H3;6-14,26-28H,1H2,2-5H3;6-14,24,27,29H,1H2,2-5H3. The van der Waals surface area contributed by atoms with Gasteiger partial charge >= 0.3 is 47.8 Å². The molecule has 708 valence electrons. The molecule has 12 aromatic carbocycles. The van der Waals surface area contributed by atoms with Gasteiger partial charge in [0.25, 0.3) is 0 Å². The van der Waals surface area contributed by atoms with E-state index in [1.54, 1.807) is 30.3 Å². The van der Waals surface area contributed by atoms with Crippen LogP contribution in [-0.2, 0) is 38.4 Å². The first-order valence-corrected chi connectivity index (χ1v) is 44.2. The second-order valence-electron chi connectivity index (χ2n) is 33.9. The summed E-state index contributed by atoms with van der Waals surface area (Å²) in [6, 6.07) is 56.7. The number of hydrogen-bond donors (Lipinski definition) is 4. The number of phenolic OH excluding ortho intramolecular Hbond substituents is 4. The molecule has 0 aliphatic carbocycles. The molecule has 12 rings (SSSR count). The Kier molecular flexibility index (Phi) is 35.8. The fraction of sp³-hybridized carbons (Fsp3) is 0.186. The van der Waals surface area contributed by atoms with Crippen molar-refractivity contribution in [2.75, 3.05) is 0 Å². The number of rotatable bonds is 28. The number of carbonyl (C=O) groups is 8. The number of aryl methyl sites for hydroxylation is 18. The van der Waals surface area contributed by atoms with Crippen LogP contribution in [0.1, 0.15) is 191 Å². The molecule has 0 heterocycles. The maximum absolute atomic E-state index is 12.3. The van der Waals surface area contributed by atoms with Gasteiger partial charge in [-0.05, 0) is 341 Å². The third-order valence-corrected chi connectivity index (χ3v) is 23.2. The fourth-order valence-corrected chi connectivity index (χ4v) is 16.5. The monoisotopic (exact) mass is 1850 g/mol. The molecule has 0 fully saturated rings. The predicted octanol–water partition coefficient (Wildman–Crippen LogP) is 24.6. The number of esters is 8. The minimum Gasteiger partial charge on any atom is -0.508 e. The van der Waals surface area contributed by atoms with E-state index in [1.807, 2.05) is 276 Å². The van der Waals surface area contributed by atoms with Gasteiger partial charge in [-0.15, -0.1) is 0 Å². The third-order valence-electron chi connectivity index (χ3n) is 23.2. The fourth-order valence-electron chi connectivity index (χ4n) is 16.5. The molecule has 0 bridgehead atoms. The van der Waals surface area contributed by atoms with Crippen LogP contribution in [0, 0.1) is 125 Å². The lowest BCUT2D eigenvalue weighted by Crippen LogP contribution is -2.14. The van der Waals surface area contributed by atoms with Crippen LogP contribution < -0.4 is 37.9 Å². The number of carbonyl (C=O) groups excluding carboxylic acids is 8. The topological polar surface area (TPSA) is 291 Å². The number of aromatic hydroxyl groups is 4. The van der Waals surface area contributed by atoms with Gasteiger partial charge in [0.1, 0.15) is 69.0 Å². The van der Waals surface area contributed by atoms with Gasteiger partial charge in [-0.25, -0.2) is 38.4 Å². The van der Waals surface area contributed by atoms with E-state index in [1.165, 1.54) is 0 Å². The van der Waals surface area contributed by atoms with Crippen LogP contribution in [0.3, 0.4) is 0 Å². The zero-order valence-electron chi connectivity index (χ0n) is 81.2. The Labute approximate surface area is 807 Å². The van der Waals surface area contributed by atoms with E-state index in [0.717, 1.165) is 216 Å². The molecule has 0 saturated carbocycles. The normalized spacial score (nSPS) is 11.0. The Morgan fingerprint density at radius 3 is 0.746 bits per heavy atom. The molecule has 0 aliphatic rings. The molecule has 0 amide bonds. The van der Waals surface area contributed by atoms with Crippen molar-refractivity contribution >= 4 is 47.8 Å². The first-order valence-electron chi connectivity index (χ1n) is 44.2. The lowest BCUT2D eigenvalue weighted by Gasteiger charge is -2.26. The van der Waals surface area contributed by atoms with Crippen LogP contribution in [-0.4, -0.2) is 68.2 Å². The van der Waals surface area contributed by atoms with E-state index in [9.17, 15) is 58.8 Å². The molecule has 0 radical (unpaired) electrons. The average molecular weight is 1850 g/mol. The van der Waals surface area contributed by atoms with E-state index >= 15 is 0 Å². The highest BCUT2D eigenvalue weighted by Crippen LogP contribution is 2.48. The molecule has 138 heavy (non-hydrogen) atoms. The first-order chi connectivity index (χ1) is 65.4. The average Bonchev–Trinajstić information content (AvgIpc) is 0.763. The second-order valence-corrected chi connectivity index (χ2v) is 33.9. The van der Waals surface area contributed by atoms with Crippen molar-refractivity contribution in [3.8, 4) is 69.0 Å². The van der Waals surface area contributed by atoms with Crippen LogP contribution >= 0.6 is 0 Å². The SMILES string of the molecule is C=CC(=O)Oc1c(C)cc(C(c2ccc(O)cc2)c2cc(C)c(O)c(C)c2)cc1C.C=CC(=O)Oc1cc(C)c(C(c2cc(C)c(OC(=O)C=C)cc2C)c2ccc(C)cc2OC(=O)C=C)cc1C.C=CC(=O)Oc1cc(C)c(C(c2ccc(O)cc2)c2cc(C)c(O)cc2C)cc1C.C=CC(=O)Oc1cc(C)ccc1C(c1cc(C)c(OC(=O)C=C)c(C)c1)c1cc(C)c(OC(=O)C=C)c(C)c1. The van der Waals surface area contributed by atoms with Gasteiger partial charge < -0.3 is 58.3 Å². The molecule has 4 N–H and O–H groups in total. The predicted molar refractivity (Wildman–Crippen MR) is 540 cm³/mol. The summed E-state index contributed by atoms with van der Waals surface area (Å²) in [6.45, 7) is 62.0. The summed E-state index contributed by atoms with van der Waals surface area (Å²) in [4.78, 5) is 95.5. The van der Waals surface area contributed by atoms with Crippen molar-refractivity contribution in [3.05, 3.63) is 450 Å².